The predicted octanol–water partition coefficient (Wildman–Crippen LogP) is 2.28. The third-order valence-electron chi connectivity index (χ3n) is 3.15. The highest BCUT2D eigenvalue weighted by Crippen LogP contribution is 2.17. The summed E-state index contributed by atoms with van der Waals surface area (Å²) in [5.41, 5.74) is 0.781. The Morgan fingerprint density at radius 1 is 1.17 bits per heavy atom. The molecule has 2 aromatic rings. The van der Waals surface area contributed by atoms with E-state index >= 15 is 0 Å². The van der Waals surface area contributed by atoms with Gasteiger partial charge in [-0.15, -0.1) is 11.3 Å². The lowest BCUT2D eigenvalue weighted by atomic mass is 10.3. The van der Waals surface area contributed by atoms with Gasteiger partial charge in [0.15, 0.2) is 0 Å². The second kappa shape index (κ2) is 6.45. The molecule has 0 spiro atoms. The van der Waals surface area contributed by atoms with Gasteiger partial charge in [-0.3, -0.25) is 9.59 Å². The summed E-state index contributed by atoms with van der Waals surface area (Å²) in [7, 11) is 0. The number of anilines is 1. The molecule has 1 saturated heterocycles. The van der Waals surface area contributed by atoms with E-state index in [1.807, 2.05) is 23.6 Å². The summed E-state index contributed by atoms with van der Waals surface area (Å²) >= 11 is 1.45. The summed E-state index contributed by atoms with van der Waals surface area (Å²) in [6.07, 6.45) is 1.60. The monoisotopic (exact) mass is 327 g/mol. The molecule has 1 fully saturated rings. The van der Waals surface area contributed by atoms with Crippen LogP contribution in [0.25, 0.3) is 6.08 Å². The lowest BCUT2D eigenvalue weighted by Gasteiger charge is -2.11. The lowest BCUT2D eigenvalue weighted by Crippen LogP contribution is -2.38. The highest BCUT2D eigenvalue weighted by molar-refractivity contribution is 7.10. The van der Waals surface area contributed by atoms with Gasteiger partial charge in [0.2, 0.25) is 5.91 Å². The number of nitrogens with one attached hydrogen (secondary N) is 2. The van der Waals surface area contributed by atoms with E-state index in [1.54, 1.807) is 30.3 Å². The minimum Gasteiger partial charge on any atom is -0.325 e. The van der Waals surface area contributed by atoms with Crippen molar-refractivity contribution in [3.63, 3.8) is 0 Å². The van der Waals surface area contributed by atoms with Gasteiger partial charge in [0.25, 0.3) is 5.91 Å². The molecular formula is C16H13N3O3S. The fourth-order valence-electron chi connectivity index (χ4n) is 2.10. The average molecular weight is 327 g/mol. The van der Waals surface area contributed by atoms with Gasteiger partial charge in [0, 0.05) is 10.6 Å². The third kappa shape index (κ3) is 3.46. The first-order valence-electron chi connectivity index (χ1n) is 6.86. The number of carbonyl (C=O) groups is 3. The third-order valence-corrected chi connectivity index (χ3v) is 3.97. The molecular weight excluding hydrogens is 314 g/mol. The van der Waals surface area contributed by atoms with Crippen LogP contribution in [-0.4, -0.2) is 29.3 Å². The summed E-state index contributed by atoms with van der Waals surface area (Å²) in [5, 5.41) is 7.00. The van der Waals surface area contributed by atoms with E-state index < -0.39 is 17.8 Å². The van der Waals surface area contributed by atoms with E-state index in [0.29, 0.717) is 5.69 Å². The quantitative estimate of drug-likeness (QED) is 0.668. The summed E-state index contributed by atoms with van der Waals surface area (Å²) in [6, 6.07) is 11.9. The van der Waals surface area contributed by atoms with Crippen LogP contribution < -0.4 is 10.6 Å². The molecule has 0 unspecified atom stereocenters. The van der Waals surface area contributed by atoms with Gasteiger partial charge >= 0.3 is 6.03 Å². The number of imide groups is 1. The van der Waals surface area contributed by atoms with E-state index in [-0.39, 0.29) is 12.2 Å². The van der Waals surface area contributed by atoms with Gasteiger partial charge in [-0.1, -0.05) is 24.3 Å². The maximum absolute atomic E-state index is 12.2. The largest absolute Gasteiger partial charge is 0.329 e. The van der Waals surface area contributed by atoms with Crippen molar-refractivity contribution >= 4 is 40.9 Å². The first-order valence-corrected chi connectivity index (χ1v) is 7.74. The van der Waals surface area contributed by atoms with E-state index in [1.165, 1.54) is 11.3 Å². The maximum Gasteiger partial charge on any atom is 0.329 e. The SMILES string of the molecule is O=C(CN1C(=O)NC(=Cc2cccs2)C1=O)Nc1ccccc1. The molecule has 0 saturated carbocycles. The van der Waals surface area contributed by atoms with Crippen LogP contribution in [-0.2, 0) is 9.59 Å². The first-order chi connectivity index (χ1) is 11.1. The first kappa shape index (κ1) is 15.0. The van der Waals surface area contributed by atoms with Crippen molar-refractivity contribution in [2.45, 2.75) is 0 Å². The molecule has 3 rings (SSSR count). The number of nitrogens with zero attached hydrogens (tertiary/aromatic N) is 1. The number of carbonyl (C=O) groups excluding carboxylic acids is 3. The van der Waals surface area contributed by atoms with Crippen molar-refractivity contribution in [2.75, 3.05) is 11.9 Å². The molecule has 2 N–H and O–H groups in total. The van der Waals surface area contributed by atoms with E-state index in [9.17, 15) is 14.4 Å². The van der Waals surface area contributed by atoms with Crippen LogP contribution in [0.15, 0.2) is 53.5 Å². The number of hydrogen-bond acceptors (Lipinski definition) is 4. The zero-order chi connectivity index (χ0) is 16.2. The molecule has 0 bridgehead atoms. The minimum absolute atomic E-state index is 0.171. The molecule has 1 aliphatic rings. The predicted molar refractivity (Wildman–Crippen MR) is 87.6 cm³/mol. The van der Waals surface area contributed by atoms with Crippen molar-refractivity contribution in [3.05, 3.63) is 58.4 Å². The van der Waals surface area contributed by atoms with Crippen LogP contribution >= 0.6 is 11.3 Å². The Hall–Kier alpha value is -2.93. The van der Waals surface area contributed by atoms with Gasteiger partial charge in [-0.05, 0) is 29.7 Å². The Bertz CT molecular complexity index is 769. The number of para-hydroxylation sites is 1. The van der Waals surface area contributed by atoms with Crippen molar-refractivity contribution < 1.29 is 14.4 Å². The number of thiophene rings is 1. The van der Waals surface area contributed by atoms with Crippen LogP contribution in [0.5, 0.6) is 0 Å². The number of benzene rings is 1. The Balaban J connectivity index is 1.67. The maximum atomic E-state index is 12.2. The van der Waals surface area contributed by atoms with Gasteiger partial charge in [0.05, 0.1) is 0 Å². The van der Waals surface area contributed by atoms with Gasteiger partial charge in [-0.25, -0.2) is 9.69 Å². The summed E-state index contributed by atoms with van der Waals surface area (Å²) in [6.45, 7) is -0.332. The Morgan fingerprint density at radius 2 is 1.96 bits per heavy atom. The molecule has 7 heteroatoms. The van der Waals surface area contributed by atoms with Gasteiger partial charge in [0.1, 0.15) is 12.2 Å². The fourth-order valence-corrected chi connectivity index (χ4v) is 2.75. The molecule has 0 aliphatic carbocycles. The number of hydrogen-bond donors (Lipinski definition) is 2. The van der Waals surface area contributed by atoms with Gasteiger partial charge < -0.3 is 10.6 Å². The van der Waals surface area contributed by atoms with Crippen LogP contribution in [0.2, 0.25) is 0 Å². The molecule has 116 valence electrons. The highest BCUT2D eigenvalue weighted by atomic mass is 32.1. The molecule has 4 amide bonds. The second-order valence-electron chi connectivity index (χ2n) is 4.81. The van der Waals surface area contributed by atoms with Crippen molar-refractivity contribution in [1.82, 2.24) is 10.2 Å². The molecule has 1 aliphatic heterocycles. The lowest BCUT2D eigenvalue weighted by molar-refractivity contribution is -0.127. The van der Waals surface area contributed by atoms with Crippen molar-refractivity contribution in [2.24, 2.45) is 0 Å². The van der Waals surface area contributed by atoms with Crippen LogP contribution in [0.4, 0.5) is 10.5 Å². The minimum atomic E-state index is -0.596. The second-order valence-corrected chi connectivity index (χ2v) is 5.79. The molecule has 6 nitrogen and oxygen atoms in total. The van der Waals surface area contributed by atoms with E-state index in [0.717, 1.165) is 9.78 Å². The zero-order valence-corrected chi connectivity index (χ0v) is 12.8. The van der Waals surface area contributed by atoms with Crippen LogP contribution in [0.3, 0.4) is 0 Å². The molecule has 23 heavy (non-hydrogen) atoms. The van der Waals surface area contributed by atoms with Crippen molar-refractivity contribution in [3.8, 4) is 0 Å². The Labute approximate surface area is 136 Å². The summed E-state index contributed by atoms with van der Waals surface area (Å²) in [4.78, 5) is 37.8. The summed E-state index contributed by atoms with van der Waals surface area (Å²) < 4.78 is 0. The van der Waals surface area contributed by atoms with E-state index in [2.05, 4.69) is 10.6 Å². The highest BCUT2D eigenvalue weighted by Gasteiger charge is 2.34. The van der Waals surface area contributed by atoms with Gasteiger partial charge in [-0.2, -0.15) is 0 Å². The van der Waals surface area contributed by atoms with E-state index in [4.69, 9.17) is 0 Å². The van der Waals surface area contributed by atoms with Crippen LogP contribution in [0.1, 0.15) is 4.88 Å². The summed E-state index contributed by atoms with van der Waals surface area (Å²) in [5.74, 6) is -0.941. The average Bonchev–Trinajstić information content (AvgIpc) is 3.13. The number of rotatable bonds is 4. The smallest absolute Gasteiger partial charge is 0.325 e. The zero-order valence-electron chi connectivity index (χ0n) is 12.0. The molecule has 1 aromatic heterocycles. The van der Waals surface area contributed by atoms with Crippen molar-refractivity contribution in [1.29, 1.82) is 0 Å². The number of urea groups is 1. The Kier molecular flexibility index (Phi) is 4.20. The molecule has 1 aromatic carbocycles. The standard InChI is InChI=1S/C16H13N3O3S/c20-14(17-11-5-2-1-3-6-11)10-19-15(21)13(18-16(19)22)9-12-7-4-8-23-12/h1-9H,10H2,(H,17,20)(H,18,22). The molecule has 0 radical (unpaired) electrons. The van der Waals surface area contributed by atoms with Crippen LogP contribution in [0, 0.1) is 0 Å². The number of amides is 4. The topological polar surface area (TPSA) is 78.5 Å². The molecule has 0 atom stereocenters. The fraction of sp³-hybridized carbons (Fsp3) is 0.0625. The Morgan fingerprint density at radius 3 is 2.65 bits per heavy atom. The molecule has 2 heterocycles. The normalized spacial score (nSPS) is 15.8.